The number of amides is 1. The van der Waals surface area contributed by atoms with Crippen molar-refractivity contribution < 1.29 is 27.8 Å². The summed E-state index contributed by atoms with van der Waals surface area (Å²) in [5.74, 6) is 0.0126. The third-order valence-corrected chi connectivity index (χ3v) is 7.55. The van der Waals surface area contributed by atoms with E-state index in [0.29, 0.717) is 31.7 Å². The molecule has 1 fully saturated rings. The Balaban J connectivity index is 1.80. The van der Waals surface area contributed by atoms with E-state index in [9.17, 15) is 18.3 Å². The maximum absolute atomic E-state index is 13.4. The highest BCUT2D eigenvalue weighted by molar-refractivity contribution is 7.89. The molecule has 3 rings (SSSR count). The molecule has 0 radical (unpaired) electrons. The SMILES string of the molecule is CC(C)CN(C[C@@H](O)C(Cc1ccccc1)NC(=O)O[C@H]1CCOC1)S(=O)(=O)c1ccc(N)cc1. The number of ether oxygens (including phenoxy) is 2. The normalized spacial score (nSPS) is 17.9. The Hall–Kier alpha value is -2.66. The molecule has 3 atom stereocenters. The molecule has 4 N–H and O–H groups in total. The van der Waals surface area contributed by atoms with Crippen LogP contribution in [0, 0.1) is 5.92 Å². The number of anilines is 1. The Labute approximate surface area is 207 Å². The topological polar surface area (TPSA) is 131 Å². The molecule has 0 bridgehead atoms. The van der Waals surface area contributed by atoms with Crippen molar-refractivity contribution in [1.82, 2.24) is 9.62 Å². The maximum atomic E-state index is 13.4. The van der Waals surface area contributed by atoms with E-state index in [1.807, 2.05) is 44.2 Å². The van der Waals surface area contributed by atoms with Crippen LogP contribution in [0.4, 0.5) is 10.5 Å². The summed E-state index contributed by atoms with van der Waals surface area (Å²) >= 11 is 0. The van der Waals surface area contributed by atoms with Crippen molar-refractivity contribution in [3.8, 4) is 0 Å². The van der Waals surface area contributed by atoms with Crippen LogP contribution in [0.15, 0.2) is 59.5 Å². The fourth-order valence-electron chi connectivity index (χ4n) is 3.90. The van der Waals surface area contributed by atoms with E-state index in [-0.39, 0.29) is 30.0 Å². The molecule has 9 nitrogen and oxygen atoms in total. The molecular weight excluding hydrogens is 470 g/mol. The molecule has 0 aliphatic carbocycles. The Morgan fingerprint density at radius 1 is 1.17 bits per heavy atom. The number of aliphatic hydroxyl groups excluding tert-OH is 1. The minimum atomic E-state index is -3.90. The molecule has 10 heteroatoms. The number of alkyl carbamates (subject to hydrolysis) is 1. The quantitative estimate of drug-likeness (QED) is 0.400. The molecule has 0 spiro atoms. The van der Waals surface area contributed by atoms with Crippen LogP contribution in [-0.2, 0) is 25.9 Å². The molecule has 1 aliphatic heterocycles. The van der Waals surface area contributed by atoms with Gasteiger partial charge in [0, 0.05) is 25.2 Å². The summed E-state index contributed by atoms with van der Waals surface area (Å²) in [6.45, 7) is 4.67. The van der Waals surface area contributed by atoms with Gasteiger partial charge in [-0.05, 0) is 42.2 Å². The predicted molar refractivity (Wildman–Crippen MR) is 133 cm³/mol. The molecule has 1 amide bonds. The number of nitrogens with two attached hydrogens (primary N) is 1. The third kappa shape index (κ3) is 7.93. The lowest BCUT2D eigenvalue weighted by Gasteiger charge is -2.30. The van der Waals surface area contributed by atoms with E-state index in [1.165, 1.54) is 28.6 Å². The summed E-state index contributed by atoms with van der Waals surface area (Å²) in [5, 5.41) is 13.9. The fourth-order valence-corrected chi connectivity index (χ4v) is 5.52. The smallest absolute Gasteiger partial charge is 0.407 e. The minimum absolute atomic E-state index is 0.0126. The van der Waals surface area contributed by atoms with Gasteiger partial charge < -0.3 is 25.6 Å². The lowest BCUT2D eigenvalue weighted by Crippen LogP contribution is -2.51. The van der Waals surface area contributed by atoms with Gasteiger partial charge in [-0.25, -0.2) is 13.2 Å². The first-order valence-corrected chi connectivity index (χ1v) is 13.2. The maximum Gasteiger partial charge on any atom is 0.407 e. The largest absolute Gasteiger partial charge is 0.444 e. The molecule has 35 heavy (non-hydrogen) atoms. The Bertz CT molecular complexity index is 1040. The summed E-state index contributed by atoms with van der Waals surface area (Å²) in [4.78, 5) is 12.7. The van der Waals surface area contributed by atoms with Crippen LogP contribution in [0.5, 0.6) is 0 Å². The van der Waals surface area contributed by atoms with Gasteiger partial charge in [0.05, 0.1) is 30.3 Å². The zero-order valence-electron chi connectivity index (χ0n) is 20.2. The highest BCUT2D eigenvalue weighted by Gasteiger charge is 2.32. The van der Waals surface area contributed by atoms with Crippen molar-refractivity contribution in [2.75, 3.05) is 32.0 Å². The lowest BCUT2D eigenvalue weighted by molar-refractivity contribution is 0.0644. The number of nitrogens with one attached hydrogen (secondary N) is 1. The van der Waals surface area contributed by atoms with Crippen LogP contribution in [0.3, 0.4) is 0 Å². The zero-order chi connectivity index (χ0) is 25.4. The summed E-state index contributed by atoms with van der Waals surface area (Å²) in [6.07, 6.45) is -1.29. The van der Waals surface area contributed by atoms with Gasteiger partial charge in [-0.3, -0.25) is 0 Å². The van der Waals surface area contributed by atoms with Gasteiger partial charge in [0.15, 0.2) is 0 Å². The van der Waals surface area contributed by atoms with Gasteiger partial charge in [-0.2, -0.15) is 4.31 Å². The van der Waals surface area contributed by atoms with E-state index >= 15 is 0 Å². The number of carbonyl (C=O) groups is 1. The second kappa shape index (κ2) is 12.3. The number of nitrogens with zero attached hydrogens (tertiary/aromatic N) is 1. The average molecular weight is 506 g/mol. The molecule has 2 aromatic rings. The Kier molecular flexibility index (Phi) is 9.50. The summed E-state index contributed by atoms with van der Waals surface area (Å²) in [5.41, 5.74) is 7.06. The Morgan fingerprint density at radius 2 is 1.86 bits per heavy atom. The number of sulfonamides is 1. The van der Waals surface area contributed by atoms with Gasteiger partial charge >= 0.3 is 6.09 Å². The fraction of sp³-hybridized carbons (Fsp3) is 0.480. The second-order valence-electron chi connectivity index (χ2n) is 9.18. The van der Waals surface area contributed by atoms with E-state index in [1.54, 1.807) is 0 Å². The molecule has 2 aromatic carbocycles. The van der Waals surface area contributed by atoms with E-state index in [0.717, 1.165) is 5.56 Å². The summed E-state index contributed by atoms with van der Waals surface area (Å²) in [6, 6.07) is 14.6. The predicted octanol–water partition coefficient (Wildman–Crippen LogP) is 2.40. The average Bonchev–Trinajstić information content (AvgIpc) is 3.31. The van der Waals surface area contributed by atoms with Crippen molar-refractivity contribution in [1.29, 1.82) is 0 Å². The van der Waals surface area contributed by atoms with Gasteiger partial charge in [0.25, 0.3) is 0 Å². The minimum Gasteiger partial charge on any atom is -0.444 e. The van der Waals surface area contributed by atoms with Gasteiger partial charge in [0.1, 0.15) is 6.10 Å². The van der Waals surface area contributed by atoms with E-state index in [2.05, 4.69) is 5.32 Å². The van der Waals surface area contributed by atoms with E-state index in [4.69, 9.17) is 15.2 Å². The van der Waals surface area contributed by atoms with Crippen LogP contribution >= 0.6 is 0 Å². The number of aliphatic hydroxyl groups is 1. The molecule has 1 aliphatic rings. The Morgan fingerprint density at radius 3 is 2.46 bits per heavy atom. The second-order valence-corrected chi connectivity index (χ2v) is 11.1. The number of benzene rings is 2. The van der Waals surface area contributed by atoms with Crippen LogP contribution in [0.2, 0.25) is 0 Å². The molecule has 192 valence electrons. The van der Waals surface area contributed by atoms with Crippen molar-refractivity contribution in [3.05, 3.63) is 60.2 Å². The number of hydrogen-bond donors (Lipinski definition) is 3. The summed E-state index contributed by atoms with van der Waals surface area (Å²) < 4.78 is 38.7. The molecule has 0 saturated carbocycles. The number of hydrogen-bond acceptors (Lipinski definition) is 7. The van der Waals surface area contributed by atoms with Gasteiger partial charge in [0.2, 0.25) is 10.0 Å². The summed E-state index contributed by atoms with van der Waals surface area (Å²) in [7, 11) is -3.90. The molecule has 0 aromatic heterocycles. The first-order valence-electron chi connectivity index (χ1n) is 11.8. The van der Waals surface area contributed by atoms with Crippen molar-refractivity contribution in [2.45, 2.75) is 49.8 Å². The van der Waals surface area contributed by atoms with Crippen molar-refractivity contribution >= 4 is 21.8 Å². The molecule has 1 unspecified atom stereocenters. The van der Waals surface area contributed by atoms with Crippen LogP contribution in [-0.4, -0.2) is 68.5 Å². The number of rotatable bonds is 11. The van der Waals surface area contributed by atoms with E-state index < -0.39 is 28.3 Å². The van der Waals surface area contributed by atoms with Crippen molar-refractivity contribution in [2.24, 2.45) is 5.92 Å². The van der Waals surface area contributed by atoms with Crippen molar-refractivity contribution in [3.63, 3.8) is 0 Å². The van der Waals surface area contributed by atoms with Crippen LogP contribution in [0.1, 0.15) is 25.8 Å². The zero-order valence-corrected chi connectivity index (χ0v) is 21.0. The molecule has 1 saturated heterocycles. The lowest BCUT2D eigenvalue weighted by atomic mass is 10.0. The van der Waals surface area contributed by atoms with Gasteiger partial charge in [-0.15, -0.1) is 0 Å². The first kappa shape index (κ1) is 26.9. The first-order chi connectivity index (χ1) is 16.6. The molecular formula is C25H35N3O6S. The highest BCUT2D eigenvalue weighted by Crippen LogP contribution is 2.20. The number of nitrogen functional groups attached to an aromatic ring is 1. The van der Waals surface area contributed by atoms with Crippen LogP contribution < -0.4 is 11.1 Å². The standard InChI is InChI=1S/C25H35N3O6S/c1-18(2)15-28(35(31,32)22-10-8-20(26)9-11-22)16-24(29)23(14-19-6-4-3-5-7-19)27-25(30)34-21-12-13-33-17-21/h3-11,18,21,23-24,29H,12-17,26H2,1-2H3,(H,27,30)/t21-,23?,24+/m0/s1. The number of carbonyl (C=O) groups excluding carboxylic acids is 1. The van der Waals surface area contributed by atoms with Crippen LogP contribution in [0.25, 0.3) is 0 Å². The monoisotopic (exact) mass is 505 g/mol. The molecule has 1 heterocycles. The highest BCUT2D eigenvalue weighted by atomic mass is 32.2. The van der Waals surface area contributed by atoms with Gasteiger partial charge in [-0.1, -0.05) is 44.2 Å². The third-order valence-electron chi connectivity index (χ3n) is 5.71.